The quantitative estimate of drug-likeness (QED) is 0.768. The molecule has 0 radical (unpaired) electrons. The van der Waals surface area contributed by atoms with Gasteiger partial charge in [-0.25, -0.2) is 9.83 Å². The van der Waals surface area contributed by atoms with Gasteiger partial charge in [-0.3, -0.25) is 5.10 Å². The second-order valence-corrected chi connectivity index (χ2v) is 4.75. The van der Waals surface area contributed by atoms with Gasteiger partial charge in [0, 0.05) is 11.9 Å². The van der Waals surface area contributed by atoms with Crippen molar-refractivity contribution in [3.8, 4) is 0 Å². The number of nitrogens with zero attached hydrogens (tertiary/aromatic N) is 4. The number of hydrogen-bond donors (Lipinski definition) is 1. The number of pyridine rings is 1. The monoisotopic (exact) mass is 241 g/mol. The first kappa shape index (κ1) is 9.85. The summed E-state index contributed by atoms with van der Waals surface area (Å²) in [7, 11) is 0. The van der Waals surface area contributed by atoms with Crippen molar-refractivity contribution in [1.82, 2.24) is 15.2 Å². The lowest BCUT2D eigenvalue weighted by Gasteiger charge is -2.28. The van der Waals surface area contributed by atoms with Crippen LogP contribution in [0.1, 0.15) is 6.42 Å². The van der Waals surface area contributed by atoms with E-state index in [9.17, 15) is 0 Å². The molecule has 2 aromatic heterocycles. The fourth-order valence-corrected chi connectivity index (χ4v) is 2.81. The van der Waals surface area contributed by atoms with Gasteiger partial charge in [-0.1, -0.05) is 0 Å². The third kappa shape index (κ3) is 1.25. The topological polar surface area (TPSA) is 58.4 Å². The van der Waals surface area contributed by atoms with Crippen LogP contribution in [-0.2, 0) is 4.74 Å². The van der Waals surface area contributed by atoms with Gasteiger partial charge in [-0.05, 0) is 12.5 Å². The molecule has 2 aliphatic heterocycles. The summed E-state index contributed by atoms with van der Waals surface area (Å²) in [6, 6.07) is 2.21. The van der Waals surface area contributed by atoms with Gasteiger partial charge < -0.3 is 9.64 Å². The van der Waals surface area contributed by atoms with E-state index in [1.54, 1.807) is 6.20 Å². The molecule has 2 bridgehead atoms. The molecular formula is C12H11N5O. The third-order valence-electron chi connectivity index (χ3n) is 3.68. The molecule has 0 aliphatic carbocycles. The molecule has 0 saturated carbocycles. The maximum atomic E-state index is 7.31. The predicted molar refractivity (Wildman–Crippen MR) is 65.6 cm³/mol. The minimum atomic E-state index is 0.299. The van der Waals surface area contributed by atoms with E-state index in [0.29, 0.717) is 17.8 Å². The Morgan fingerprint density at radius 1 is 1.56 bits per heavy atom. The molecule has 2 aliphatic rings. The fraction of sp³-hybridized carbons (Fsp3) is 0.417. The van der Waals surface area contributed by atoms with E-state index in [1.165, 1.54) is 0 Å². The minimum Gasteiger partial charge on any atom is -0.374 e. The molecule has 1 N–H and O–H groups in total. The highest BCUT2D eigenvalue weighted by Crippen LogP contribution is 2.37. The number of anilines is 1. The van der Waals surface area contributed by atoms with Gasteiger partial charge in [0.05, 0.1) is 31.5 Å². The van der Waals surface area contributed by atoms with E-state index in [2.05, 4.69) is 24.9 Å². The summed E-state index contributed by atoms with van der Waals surface area (Å²) in [5.41, 5.74) is 1.33. The highest BCUT2D eigenvalue weighted by Gasteiger charge is 2.40. The lowest BCUT2D eigenvalue weighted by atomic mass is 10.2. The number of ether oxygens (including phenoxy) is 1. The number of morpholine rings is 1. The number of hydrogen-bond acceptors (Lipinski definition) is 4. The summed E-state index contributed by atoms with van der Waals surface area (Å²) >= 11 is 0. The summed E-state index contributed by atoms with van der Waals surface area (Å²) in [6.07, 6.45) is 3.04. The molecule has 2 aromatic rings. The molecule has 6 heteroatoms. The zero-order valence-corrected chi connectivity index (χ0v) is 9.63. The first-order chi connectivity index (χ1) is 8.85. The largest absolute Gasteiger partial charge is 0.374 e. The average molecular weight is 241 g/mol. The summed E-state index contributed by atoms with van der Waals surface area (Å²) < 4.78 is 5.58. The zero-order chi connectivity index (χ0) is 12.1. The molecule has 6 nitrogen and oxygen atoms in total. The molecule has 2 atom stereocenters. The second kappa shape index (κ2) is 3.43. The van der Waals surface area contributed by atoms with Crippen molar-refractivity contribution in [3.05, 3.63) is 23.7 Å². The average Bonchev–Trinajstić information content (AvgIpc) is 3.12. The summed E-state index contributed by atoms with van der Waals surface area (Å²) in [5.74, 6) is 0.762. The molecule has 0 unspecified atom stereocenters. The minimum absolute atomic E-state index is 0.299. The normalized spacial score (nSPS) is 25.8. The Bertz CT molecular complexity index is 658. The fourth-order valence-electron chi connectivity index (χ4n) is 2.81. The Balaban J connectivity index is 1.86. The summed E-state index contributed by atoms with van der Waals surface area (Å²) in [6.45, 7) is 8.88. The maximum Gasteiger partial charge on any atom is 0.229 e. The van der Waals surface area contributed by atoms with Gasteiger partial charge in [-0.15, -0.1) is 0 Å². The van der Waals surface area contributed by atoms with Crippen LogP contribution in [0.3, 0.4) is 0 Å². The van der Waals surface area contributed by atoms with Crippen LogP contribution < -0.4 is 4.90 Å². The number of rotatable bonds is 1. The van der Waals surface area contributed by atoms with Crippen LogP contribution in [0.15, 0.2) is 12.3 Å². The molecule has 4 rings (SSSR count). The lowest BCUT2D eigenvalue weighted by molar-refractivity contribution is 0.0989. The van der Waals surface area contributed by atoms with E-state index < -0.39 is 0 Å². The molecule has 18 heavy (non-hydrogen) atoms. The van der Waals surface area contributed by atoms with Crippen molar-refractivity contribution in [2.45, 2.75) is 18.6 Å². The van der Waals surface area contributed by atoms with Crippen LogP contribution in [0.4, 0.5) is 11.5 Å². The number of fused-ring (bicyclic) bond motifs is 3. The molecule has 0 aromatic carbocycles. The van der Waals surface area contributed by atoms with Gasteiger partial charge in [0.1, 0.15) is 5.82 Å². The Morgan fingerprint density at radius 3 is 3.22 bits per heavy atom. The first-order valence-corrected chi connectivity index (χ1v) is 5.95. The van der Waals surface area contributed by atoms with Crippen molar-refractivity contribution >= 4 is 22.5 Å². The molecule has 90 valence electrons. The van der Waals surface area contributed by atoms with Crippen molar-refractivity contribution in [2.75, 3.05) is 18.1 Å². The highest BCUT2D eigenvalue weighted by atomic mass is 16.5. The van der Waals surface area contributed by atoms with E-state index >= 15 is 0 Å². The molecule has 0 spiro atoms. The van der Waals surface area contributed by atoms with Gasteiger partial charge in [0.15, 0.2) is 5.65 Å². The first-order valence-electron chi connectivity index (χ1n) is 5.95. The van der Waals surface area contributed by atoms with Gasteiger partial charge >= 0.3 is 0 Å². The standard InChI is InChI=1S/C12H11N5O/c1-13-10-2-7-4-14-16-11(7)15-12(10)17-5-9-3-8(17)6-18-9/h2,4,8-9H,3,5-6H2,(H,14,15,16)/t8-,9-/m1/s1. The Hall–Kier alpha value is -2.13. The van der Waals surface area contributed by atoms with E-state index in [-0.39, 0.29) is 0 Å². The summed E-state index contributed by atoms with van der Waals surface area (Å²) in [5, 5.41) is 7.70. The molecule has 4 heterocycles. The number of nitrogens with one attached hydrogen (secondary N) is 1. The van der Waals surface area contributed by atoms with Crippen molar-refractivity contribution < 1.29 is 4.74 Å². The molecule has 2 saturated heterocycles. The number of aromatic nitrogens is 3. The van der Waals surface area contributed by atoms with Crippen LogP contribution in [0.2, 0.25) is 0 Å². The van der Waals surface area contributed by atoms with Gasteiger partial charge in [-0.2, -0.15) is 5.10 Å². The number of H-pyrrole nitrogens is 1. The Morgan fingerprint density at radius 2 is 2.50 bits per heavy atom. The molecular weight excluding hydrogens is 230 g/mol. The van der Waals surface area contributed by atoms with Crippen LogP contribution in [0.5, 0.6) is 0 Å². The zero-order valence-electron chi connectivity index (χ0n) is 9.63. The van der Waals surface area contributed by atoms with Crippen molar-refractivity contribution in [3.63, 3.8) is 0 Å². The number of aromatic amines is 1. The van der Waals surface area contributed by atoms with Gasteiger partial charge in [0.2, 0.25) is 5.69 Å². The van der Waals surface area contributed by atoms with E-state index in [4.69, 9.17) is 11.3 Å². The molecule has 2 fully saturated rings. The maximum absolute atomic E-state index is 7.31. The van der Waals surface area contributed by atoms with Crippen LogP contribution in [0.25, 0.3) is 15.9 Å². The third-order valence-corrected chi connectivity index (χ3v) is 3.68. The Labute approximate surface area is 103 Å². The van der Waals surface area contributed by atoms with E-state index in [0.717, 1.165) is 36.4 Å². The Kier molecular flexibility index (Phi) is 1.88. The molecule has 0 amide bonds. The SMILES string of the molecule is [C-]#[N+]c1cc2cn[nH]c2nc1N1C[C@H]2C[C@@H]1CO2. The van der Waals surface area contributed by atoms with Crippen molar-refractivity contribution in [2.24, 2.45) is 0 Å². The van der Waals surface area contributed by atoms with Crippen LogP contribution in [0, 0.1) is 6.57 Å². The lowest BCUT2D eigenvalue weighted by Crippen LogP contribution is -2.37. The van der Waals surface area contributed by atoms with Crippen LogP contribution >= 0.6 is 0 Å². The smallest absolute Gasteiger partial charge is 0.229 e. The van der Waals surface area contributed by atoms with Crippen molar-refractivity contribution in [1.29, 1.82) is 0 Å². The predicted octanol–water partition coefficient (Wildman–Crippen LogP) is 1.49. The van der Waals surface area contributed by atoms with Gasteiger partial charge in [0.25, 0.3) is 0 Å². The highest BCUT2D eigenvalue weighted by molar-refractivity contribution is 5.84. The van der Waals surface area contributed by atoms with Crippen LogP contribution in [-0.4, -0.2) is 40.5 Å². The second-order valence-electron chi connectivity index (χ2n) is 4.75. The van der Waals surface area contributed by atoms with E-state index in [1.807, 2.05) is 6.07 Å². The summed E-state index contributed by atoms with van der Waals surface area (Å²) in [4.78, 5) is 10.3.